The maximum atomic E-state index is 12.7. The van der Waals surface area contributed by atoms with Gasteiger partial charge in [0.2, 0.25) is 5.91 Å². The van der Waals surface area contributed by atoms with Crippen LogP contribution in [0.2, 0.25) is 0 Å². The fourth-order valence-corrected chi connectivity index (χ4v) is 3.37. The van der Waals surface area contributed by atoms with E-state index in [2.05, 4.69) is 15.3 Å². The number of nitrogens with one attached hydrogen (secondary N) is 2. The summed E-state index contributed by atoms with van der Waals surface area (Å²) in [5, 5.41) is 3.71. The van der Waals surface area contributed by atoms with E-state index in [1.165, 1.54) is 10.9 Å². The van der Waals surface area contributed by atoms with Gasteiger partial charge in [-0.1, -0.05) is 24.3 Å². The Labute approximate surface area is 153 Å². The number of hydrogen-bond acceptors (Lipinski definition) is 4. The molecule has 0 unspecified atom stereocenters. The summed E-state index contributed by atoms with van der Waals surface area (Å²) in [5.41, 5.74) is 2.32. The van der Waals surface area contributed by atoms with Crippen molar-refractivity contribution >= 4 is 45.3 Å². The van der Waals surface area contributed by atoms with Crippen LogP contribution in [0.15, 0.2) is 64.5 Å². The molecule has 0 saturated carbocycles. The lowest BCUT2D eigenvalue weighted by Crippen LogP contribution is -2.27. The molecule has 2 N–H and O–H groups in total. The number of anilines is 1. The third-order valence-electron chi connectivity index (χ3n) is 4.15. The molecule has 6 nitrogen and oxygen atoms in total. The highest BCUT2D eigenvalue weighted by Crippen LogP contribution is 2.21. The summed E-state index contributed by atoms with van der Waals surface area (Å²) in [6.07, 6.45) is 3.39. The maximum absolute atomic E-state index is 12.7. The van der Waals surface area contributed by atoms with E-state index in [-0.39, 0.29) is 18.0 Å². The predicted molar refractivity (Wildman–Crippen MR) is 105 cm³/mol. The van der Waals surface area contributed by atoms with Gasteiger partial charge >= 0.3 is 0 Å². The Morgan fingerprint density at radius 2 is 2.08 bits per heavy atom. The van der Waals surface area contributed by atoms with Gasteiger partial charge in [0, 0.05) is 21.5 Å². The van der Waals surface area contributed by atoms with Crippen molar-refractivity contribution in [3.8, 4) is 0 Å². The standard InChI is InChI=1S/C19H16N4O2S/c1-26-13-6-4-5-12(9-13)21-16(24)10-23-11-20-17-14-7-2-3-8-15(14)22-18(17)19(23)25/h2-9,11,22H,10H2,1H3,(H,21,24). The van der Waals surface area contributed by atoms with Crippen LogP contribution < -0.4 is 10.9 Å². The van der Waals surface area contributed by atoms with E-state index in [4.69, 9.17) is 0 Å². The normalized spacial score (nSPS) is 11.1. The summed E-state index contributed by atoms with van der Waals surface area (Å²) < 4.78 is 1.31. The largest absolute Gasteiger partial charge is 0.349 e. The molecule has 0 saturated heterocycles. The molecule has 0 aliphatic carbocycles. The minimum atomic E-state index is -0.275. The van der Waals surface area contributed by atoms with Gasteiger partial charge in [0.25, 0.3) is 5.56 Å². The fraction of sp³-hybridized carbons (Fsp3) is 0.105. The topological polar surface area (TPSA) is 79.8 Å². The van der Waals surface area contributed by atoms with Crippen molar-refractivity contribution in [3.63, 3.8) is 0 Å². The van der Waals surface area contributed by atoms with Gasteiger partial charge in [-0.3, -0.25) is 14.2 Å². The highest BCUT2D eigenvalue weighted by Gasteiger charge is 2.12. The van der Waals surface area contributed by atoms with Crippen LogP contribution in [0, 0.1) is 0 Å². The van der Waals surface area contributed by atoms with E-state index >= 15 is 0 Å². The van der Waals surface area contributed by atoms with Crippen molar-refractivity contribution in [1.29, 1.82) is 0 Å². The second kappa shape index (κ2) is 6.68. The van der Waals surface area contributed by atoms with Crippen LogP contribution in [0.1, 0.15) is 0 Å². The molecular formula is C19H16N4O2S. The first-order valence-electron chi connectivity index (χ1n) is 8.05. The lowest BCUT2D eigenvalue weighted by molar-refractivity contribution is -0.116. The van der Waals surface area contributed by atoms with Crippen molar-refractivity contribution in [1.82, 2.24) is 14.5 Å². The minimum absolute atomic E-state index is 0.0966. The van der Waals surface area contributed by atoms with Gasteiger partial charge in [-0.15, -0.1) is 11.8 Å². The number of aromatic nitrogens is 3. The monoisotopic (exact) mass is 364 g/mol. The molecule has 4 rings (SSSR count). The average molecular weight is 364 g/mol. The molecule has 7 heteroatoms. The number of nitrogens with zero attached hydrogens (tertiary/aromatic N) is 2. The molecule has 4 aromatic rings. The van der Waals surface area contributed by atoms with Gasteiger partial charge in [0.1, 0.15) is 17.6 Å². The van der Waals surface area contributed by atoms with Crippen molar-refractivity contribution in [2.45, 2.75) is 11.4 Å². The van der Waals surface area contributed by atoms with E-state index < -0.39 is 0 Å². The number of hydrogen-bond donors (Lipinski definition) is 2. The minimum Gasteiger partial charge on any atom is -0.349 e. The Balaban J connectivity index is 1.62. The van der Waals surface area contributed by atoms with E-state index in [0.717, 1.165) is 15.8 Å². The Morgan fingerprint density at radius 1 is 1.23 bits per heavy atom. The van der Waals surface area contributed by atoms with E-state index in [1.807, 2.05) is 54.8 Å². The lowest BCUT2D eigenvalue weighted by atomic mass is 10.2. The molecule has 130 valence electrons. The molecule has 2 aromatic carbocycles. The van der Waals surface area contributed by atoms with Crippen LogP contribution in [-0.2, 0) is 11.3 Å². The van der Waals surface area contributed by atoms with Crippen molar-refractivity contribution in [3.05, 3.63) is 65.2 Å². The number of thioether (sulfide) groups is 1. The van der Waals surface area contributed by atoms with E-state index in [0.29, 0.717) is 16.7 Å². The molecule has 0 fully saturated rings. The number of benzene rings is 2. The summed E-state index contributed by atoms with van der Waals surface area (Å²) in [6.45, 7) is -0.0966. The van der Waals surface area contributed by atoms with Crippen LogP contribution in [-0.4, -0.2) is 26.7 Å². The van der Waals surface area contributed by atoms with E-state index in [1.54, 1.807) is 11.8 Å². The molecular weight excluding hydrogens is 348 g/mol. The lowest BCUT2D eigenvalue weighted by Gasteiger charge is -2.08. The van der Waals surface area contributed by atoms with Gasteiger partial charge in [-0.25, -0.2) is 4.98 Å². The van der Waals surface area contributed by atoms with Crippen LogP contribution in [0.4, 0.5) is 5.69 Å². The zero-order valence-electron chi connectivity index (χ0n) is 14.0. The smallest absolute Gasteiger partial charge is 0.278 e. The second-order valence-corrected chi connectivity index (χ2v) is 6.73. The summed E-state index contributed by atoms with van der Waals surface area (Å²) in [4.78, 5) is 33.5. The van der Waals surface area contributed by atoms with Crippen molar-refractivity contribution < 1.29 is 4.79 Å². The molecule has 2 heterocycles. The summed E-state index contributed by atoms with van der Waals surface area (Å²) in [7, 11) is 0. The first-order chi connectivity index (χ1) is 12.7. The Kier molecular flexibility index (Phi) is 4.22. The average Bonchev–Trinajstić information content (AvgIpc) is 3.04. The third kappa shape index (κ3) is 2.97. The van der Waals surface area contributed by atoms with Gasteiger partial charge in [0.15, 0.2) is 0 Å². The fourth-order valence-electron chi connectivity index (χ4n) is 2.91. The highest BCUT2D eigenvalue weighted by atomic mass is 32.2. The van der Waals surface area contributed by atoms with E-state index in [9.17, 15) is 9.59 Å². The highest BCUT2D eigenvalue weighted by molar-refractivity contribution is 7.98. The molecule has 26 heavy (non-hydrogen) atoms. The van der Waals surface area contributed by atoms with Gasteiger partial charge in [-0.2, -0.15) is 0 Å². The van der Waals surface area contributed by atoms with Crippen LogP contribution in [0.5, 0.6) is 0 Å². The summed E-state index contributed by atoms with van der Waals surface area (Å²) in [5.74, 6) is -0.275. The molecule has 0 atom stereocenters. The molecule has 0 bridgehead atoms. The number of H-pyrrole nitrogens is 1. The quantitative estimate of drug-likeness (QED) is 0.545. The zero-order valence-corrected chi connectivity index (χ0v) is 14.8. The maximum Gasteiger partial charge on any atom is 0.278 e. The first-order valence-corrected chi connectivity index (χ1v) is 9.28. The molecule has 0 spiro atoms. The number of aromatic amines is 1. The number of para-hydroxylation sites is 1. The second-order valence-electron chi connectivity index (χ2n) is 5.85. The van der Waals surface area contributed by atoms with Crippen LogP contribution >= 0.6 is 11.8 Å². The number of amides is 1. The van der Waals surface area contributed by atoms with Crippen molar-refractivity contribution in [2.24, 2.45) is 0 Å². The van der Waals surface area contributed by atoms with Crippen LogP contribution in [0.3, 0.4) is 0 Å². The zero-order chi connectivity index (χ0) is 18.1. The SMILES string of the molecule is CSc1cccc(NC(=O)Cn2cnc3c([nH]c4ccccc43)c2=O)c1. The molecule has 1 amide bonds. The third-order valence-corrected chi connectivity index (χ3v) is 4.87. The Hall–Kier alpha value is -3.06. The van der Waals surface area contributed by atoms with Crippen LogP contribution in [0.25, 0.3) is 21.9 Å². The summed E-state index contributed by atoms with van der Waals surface area (Å²) in [6, 6.07) is 15.2. The molecule has 0 radical (unpaired) electrons. The van der Waals surface area contributed by atoms with Gasteiger partial charge < -0.3 is 10.3 Å². The number of carbonyl (C=O) groups excluding carboxylic acids is 1. The van der Waals surface area contributed by atoms with Crippen molar-refractivity contribution in [2.75, 3.05) is 11.6 Å². The number of fused-ring (bicyclic) bond motifs is 3. The first kappa shape index (κ1) is 16.4. The van der Waals surface area contributed by atoms with Gasteiger partial charge in [-0.05, 0) is 30.5 Å². The Morgan fingerprint density at radius 3 is 2.92 bits per heavy atom. The predicted octanol–water partition coefficient (Wildman–Crippen LogP) is 3.24. The van der Waals surface area contributed by atoms with Gasteiger partial charge in [0.05, 0.1) is 6.33 Å². The molecule has 0 aliphatic heterocycles. The number of rotatable bonds is 4. The molecule has 2 aromatic heterocycles. The number of carbonyl (C=O) groups is 1. The Bertz CT molecular complexity index is 1180. The molecule has 0 aliphatic rings. The summed E-state index contributed by atoms with van der Waals surface area (Å²) >= 11 is 1.60.